The maximum absolute atomic E-state index is 13.2. The van der Waals surface area contributed by atoms with Crippen molar-refractivity contribution in [2.24, 2.45) is 0 Å². The lowest BCUT2D eigenvalue weighted by molar-refractivity contribution is -0.141. The maximum atomic E-state index is 13.2. The van der Waals surface area contributed by atoms with Crippen LogP contribution in [0.3, 0.4) is 0 Å². The van der Waals surface area contributed by atoms with Crippen LogP contribution in [0.1, 0.15) is 43.6 Å². The molecule has 0 aliphatic heterocycles. The van der Waals surface area contributed by atoms with E-state index in [4.69, 9.17) is 16.7 Å². The smallest absolute Gasteiger partial charge is 0.435 e. The third-order valence-electron chi connectivity index (χ3n) is 4.25. The van der Waals surface area contributed by atoms with Crippen LogP contribution in [0.25, 0.3) is 0 Å². The van der Waals surface area contributed by atoms with Crippen LogP contribution in [-0.2, 0) is 19.0 Å². The van der Waals surface area contributed by atoms with Gasteiger partial charge in [0.2, 0.25) is 6.43 Å². The molecule has 0 spiro atoms. The van der Waals surface area contributed by atoms with Crippen LogP contribution in [0.15, 0.2) is 24.4 Å². The van der Waals surface area contributed by atoms with E-state index >= 15 is 0 Å². The minimum absolute atomic E-state index is 0. The molecule has 0 saturated heterocycles. The highest BCUT2D eigenvalue weighted by atomic mass is 35.5. The molecule has 1 amide bonds. The van der Waals surface area contributed by atoms with Crippen LogP contribution in [0.5, 0.6) is 0 Å². The average Bonchev–Trinajstić information content (AvgIpc) is 3.29. The summed E-state index contributed by atoms with van der Waals surface area (Å²) in [4.78, 5) is 29.6. The number of hydrogen-bond acceptors (Lipinski definition) is 4. The Labute approximate surface area is 193 Å². The summed E-state index contributed by atoms with van der Waals surface area (Å²) in [5.41, 5.74) is -2.16. The molecule has 1 aromatic carbocycles. The van der Waals surface area contributed by atoms with Crippen molar-refractivity contribution >= 4 is 41.6 Å². The Kier molecular flexibility index (Phi) is 8.03. The van der Waals surface area contributed by atoms with Gasteiger partial charge in [-0.2, -0.15) is 18.3 Å². The summed E-state index contributed by atoms with van der Waals surface area (Å²) >= 11 is 5.83. The predicted octanol–water partition coefficient (Wildman–Crippen LogP) is 4.58. The van der Waals surface area contributed by atoms with Crippen molar-refractivity contribution in [3.05, 3.63) is 63.5 Å². The highest BCUT2D eigenvalue weighted by Crippen LogP contribution is 2.33. The first kappa shape index (κ1) is 26.1. The molecule has 0 radical (unpaired) electrons. The lowest BCUT2D eigenvalue weighted by Gasteiger charge is -2.08. The Hall–Kier alpha value is -3.19. The number of nitrogens with zero attached hydrogens (tertiary/aromatic N) is 2. The van der Waals surface area contributed by atoms with Crippen molar-refractivity contribution in [1.82, 2.24) is 20.2 Å². The number of amides is 1. The van der Waals surface area contributed by atoms with E-state index in [2.05, 4.69) is 20.4 Å². The normalized spacial score (nSPS) is 11.4. The van der Waals surface area contributed by atoms with Gasteiger partial charge in [-0.25, -0.2) is 18.6 Å². The van der Waals surface area contributed by atoms with Gasteiger partial charge in [0.1, 0.15) is 0 Å². The van der Waals surface area contributed by atoms with Crippen molar-refractivity contribution in [3.8, 4) is 0 Å². The molecule has 15 heteroatoms. The third kappa shape index (κ3) is 6.20. The van der Waals surface area contributed by atoms with Crippen molar-refractivity contribution in [3.63, 3.8) is 0 Å². The van der Waals surface area contributed by atoms with Gasteiger partial charge >= 0.3 is 12.1 Å². The van der Waals surface area contributed by atoms with E-state index in [1.165, 1.54) is 18.2 Å². The van der Waals surface area contributed by atoms with Gasteiger partial charge in [0, 0.05) is 35.3 Å². The number of benzene rings is 1. The minimum atomic E-state index is -4.87. The van der Waals surface area contributed by atoms with Crippen molar-refractivity contribution < 1.29 is 36.6 Å². The van der Waals surface area contributed by atoms with Crippen LogP contribution in [0.2, 0.25) is 5.02 Å². The number of carbonyl (C=O) groups excluding carboxylic acids is 1. The van der Waals surface area contributed by atoms with Crippen LogP contribution < -0.4 is 5.32 Å². The summed E-state index contributed by atoms with van der Waals surface area (Å²) in [6.07, 6.45) is -8.10. The number of aromatic carboxylic acids is 1. The van der Waals surface area contributed by atoms with Crippen molar-refractivity contribution in [2.75, 3.05) is 5.32 Å². The van der Waals surface area contributed by atoms with Gasteiger partial charge in [-0.3, -0.25) is 9.89 Å². The summed E-state index contributed by atoms with van der Waals surface area (Å²) in [6.45, 7) is 0. The highest BCUT2D eigenvalue weighted by Gasteiger charge is 2.38. The number of carboxylic acid groups (broad SMARTS) is 1. The predicted molar refractivity (Wildman–Crippen MR) is 108 cm³/mol. The molecule has 3 rings (SSSR count). The van der Waals surface area contributed by atoms with Crippen LogP contribution in [0.4, 0.5) is 27.6 Å². The molecule has 0 aliphatic rings. The molecule has 2 heterocycles. The lowest BCUT2D eigenvalue weighted by atomic mass is 10.1. The van der Waals surface area contributed by atoms with Crippen molar-refractivity contribution in [1.29, 1.82) is 0 Å². The number of aromatic nitrogens is 4. The van der Waals surface area contributed by atoms with E-state index in [0.29, 0.717) is 0 Å². The third-order valence-corrected chi connectivity index (χ3v) is 4.56. The molecule has 0 aliphatic carbocycles. The molecular weight excluding hydrogens is 500 g/mol. The number of rotatable bonds is 7. The molecule has 0 unspecified atom stereocenters. The summed E-state index contributed by atoms with van der Waals surface area (Å²) in [6, 6.07) is 3.66. The molecule has 0 bridgehead atoms. The highest BCUT2D eigenvalue weighted by molar-refractivity contribution is 6.33. The van der Waals surface area contributed by atoms with Crippen LogP contribution >= 0.6 is 24.0 Å². The van der Waals surface area contributed by atoms with Gasteiger partial charge in [-0.15, -0.1) is 12.4 Å². The number of nitrogens with one attached hydrogen (secondary N) is 3. The van der Waals surface area contributed by atoms with Gasteiger partial charge < -0.3 is 15.4 Å². The molecule has 0 saturated carbocycles. The fraction of sp³-hybridized carbons (Fsp3) is 0.222. The van der Waals surface area contributed by atoms with E-state index in [-0.39, 0.29) is 45.9 Å². The number of anilines is 1. The first-order valence-electron chi connectivity index (χ1n) is 8.75. The Bertz CT molecular complexity index is 1160. The van der Waals surface area contributed by atoms with E-state index in [1.54, 1.807) is 0 Å². The minimum Gasteiger partial charge on any atom is -0.478 e. The molecule has 0 fully saturated rings. The van der Waals surface area contributed by atoms with Crippen LogP contribution in [-0.4, -0.2) is 43.6 Å². The molecule has 2 aromatic heterocycles. The zero-order chi connectivity index (χ0) is 23.6. The zero-order valence-electron chi connectivity index (χ0n) is 16.1. The topological polar surface area (TPSA) is 124 Å². The summed E-state index contributed by atoms with van der Waals surface area (Å²) in [5.74, 6) is -2.32. The number of aromatic amines is 2. The number of H-pyrrole nitrogens is 2. The monoisotopic (exact) mass is 513 g/mol. The molecule has 3 aromatic rings. The molecule has 0 atom stereocenters. The second kappa shape index (κ2) is 10.2. The Balaban J connectivity index is 0.00000385. The quantitative estimate of drug-likeness (QED) is 0.344. The summed E-state index contributed by atoms with van der Waals surface area (Å²) in [5, 5.41) is 16.3. The zero-order valence-corrected chi connectivity index (χ0v) is 17.7. The second-order valence-electron chi connectivity index (χ2n) is 6.51. The van der Waals surface area contributed by atoms with Gasteiger partial charge in [-0.1, -0.05) is 11.6 Å². The number of imidazole rings is 1. The standard InChI is InChI=1S/C18H13ClF5N5O3.ClH/c19-11-4-7(1-2-9(11)17(31)32)27-16(30)15-25-6-8(26-15)3-10-12(5-13(20)21)28-29-14(10)18(22,23)24;/h1-2,4,6,13H,3,5H2,(H,25,26)(H,27,30)(H,28,29)(H,31,32);1H. The number of alkyl halides is 5. The van der Waals surface area contributed by atoms with Crippen LogP contribution in [0, 0.1) is 0 Å². The summed E-state index contributed by atoms with van der Waals surface area (Å²) < 4.78 is 65.0. The van der Waals surface area contributed by atoms with Gasteiger partial charge in [0.25, 0.3) is 5.91 Å². The van der Waals surface area contributed by atoms with Gasteiger partial charge in [-0.05, 0) is 18.2 Å². The van der Waals surface area contributed by atoms with Gasteiger partial charge in [0.05, 0.1) is 17.0 Å². The molecule has 33 heavy (non-hydrogen) atoms. The number of carboxylic acids is 1. The fourth-order valence-corrected chi connectivity index (χ4v) is 3.12. The number of hydrogen-bond donors (Lipinski definition) is 4. The van der Waals surface area contributed by atoms with E-state index in [9.17, 15) is 31.5 Å². The molecular formula is C18H14Cl2F5N5O3. The Morgan fingerprint density at radius 1 is 1.24 bits per heavy atom. The van der Waals surface area contributed by atoms with E-state index in [0.717, 1.165) is 6.20 Å². The Morgan fingerprint density at radius 3 is 2.52 bits per heavy atom. The Morgan fingerprint density at radius 2 is 1.94 bits per heavy atom. The SMILES string of the molecule is Cl.O=C(Nc1ccc(C(=O)O)c(Cl)c1)c1ncc(Cc2c(C(F)(F)F)n[nH]c2CC(F)F)[nH]1. The largest absolute Gasteiger partial charge is 0.478 e. The summed E-state index contributed by atoms with van der Waals surface area (Å²) in [7, 11) is 0. The first-order chi connectivity index (χ1) is 15.0. The molecule has 4 N–H and O–H groups in total. The first-order valence-corrected chi connectivity index (χ1v) is 9.13. The molecule has 178 valence electrons. The van der Waals surface area contributed by atoms with E-state index < -0.39 is 48.6 Å². The van der Waals surface area contributed by atoms with E-state index in [1.807, 2.05) is 5.10 Å². The maximum Gasteiger partial charge on any atom is 0.435 e. The second-order valence-corrected chi connectivity index (χ2v) is 6.92. The number of halogens is 7. The van der Waals surface area contributed by atoms with Crippen molar-refractivity contribution in [2.45, 2.75) is 25.4 Å². The average molecular weight is 514 g/mol. The fourth-order valence-electron chi connectivity index (χ4n) is 2.86. The lowest BCUT2D eigenvalue weighted by Crippen LogP contribution is -2.14. The molecule has 8 nitrogen and oxygen atoms in total. The number of carbonyl (C=O) groups is 2. The van der Waals surface area contributed by atoms with Gasteiger partial charge in [0.15, 0.2) is 11.5 Å².